The first kappa shape index (κ1) is 16.6. The van der Waals surface area contributed by atoms with Gasteiger partial charge in [0.15, 0.2) is 0 Å². The molecule has 7 heteroatoms. The highest BCUT2D eigenvalue weighted by atomic mass is 35.5. The molecule has 6 nitrogen and oxygen atoms in total. The lowest BCUT2D eigenvalue weighted by atomic mass is 10.1. The van der Waals surface area contributed by atoms with Crippen LogP contribution >= 0.6 is 11.6 Å². The van der Waals surface area contributed by atoms with Gasteiger partial charge in [-0.2, -0.15) is 5.10 Å². The van der Waals surface area contributed by atoms with Crippen LogP contribution in [0.15, 0.2) is 48.7 Å². The molecule has 2 amide bonds. The van der Waals surface area contributed by atoms with E-state index < -0.39 is 0 Å². The van der Waals surface area contributed by atoms with Gasteiger partial charge in [-0.25, -0.2) is 0 Å². The molecule has 2 heterocycles. The van der Waals surface area contributed by atoms with Gasteiger partial charge >= 0.3 is 0 Å². The summed E-state index contributed by atoms with van der Waals surface area (Å²) in [6, 6.07) is 12.4. The van der Waals surface area contributed by atoms with Crippen molar-refractivity contribution >= 4 is 34.3 Å². The van der Waals surface area contributed by atoms with E-state index in [1.165, 1.54) is 0 Å². The topological polar surface area (TPSA) is 69.3 Å². The summed E-state index contributed by atoms with van der Waals surface area (Å²) in [5, 5.41) is 8.41. The van der Waals surface area contributed by atoms with Gasteiger partial charge in [-0.15, -0.1) is 0 Å². The number of piperazine rings is 1. The number of carbonyl (C=O) groups is 2. The fourth-order valence-corrected chi connectivity index (χ4v) is 3.33. The normalized spacial score (nSPS) is 14.7. The fourth-order valence-electron chi connectivity index (χ4n) is 3.21. The molecule has 1 N–H and O–H groups in total. The molecule has 4 rings (SSSR count). The summed E-state index contributed by atoms with van der Waals surface area (Å²) in [6.07, 6.45) is 1.70. The van der Waals surface area contributed by atoms with Gasteiger partial charge in [-0.3, -0.25) is 14.7 Å². The summed E-state index contributed by atoms with van der Waals surface area (Å²) in [5.74, 6) is -0.0807. The van der Waals surface area contributed by atoms with Crippen molar-refractivity contribution in [2.75, 3.05) is 26.2 Å². The second-order valence-corrected chi connectivity index (χ2v) is 6.67. The first-order valence-corrected chi connectivity index (χ1v) is 8.77. The minimum absolute atomic E-state index is 0.0376. The molecule has 1 aliphatic heterocycles. The first-order chi connectivity index (χ1) is 12.6. The standard InChI is InChI=1S/C19H17ClN4O2/c20-15-6-4-13(5-7-15)18(25)23-8-10-24(11-9-23)19(26)16-3-1-2-14-12-21-22-17(14)16/h1-7,12H,8-11H2,(H,21,22). The molecule has 0 aliphatic carbocycles. The van der Waals surface area contributed by atoms with E-state index in [1.54, 1.807) is 46.3 Å². The summed E-state index contributed by atoms with van der Waals surface area (Å²) >= 11 is 5.87. The van der Waals surface area contributed by atoms with Gasteiger partial charge in [0, 0.05) is 42.2 Å². The van der Waals surface area contributed by atoms with Gasteiger partial charge in [0.25, 0.3) is 11.8 Å². The maximum atomic E-state index is 12.9. The number of halogens is 1. The van der Waals surface area contributed by atoms with Crippen molar-refractivity contribution in [3.63, 3.8) is 0 Å². The number of H-pyrrole nitrogens is 1. The quantitative estimate of drug-likeness (QED) is 0.756. The summed E-state index contributed by atoms with van der Waals surface area (Å²) in [5.41, 5.74) is 1.96. The lowest BCUT2D eigenvalue weighted by Gasteiger charge is -2.35. The largest absolute Gasteiger partial charge is 0.335 e. The number of nitrogens with one attached hydrogen (secondary N) is 1. The Kier molecular flexibility index (Phi) is 4.34. The number of nitrogens with zero attached hydrogens (tertiary/aromatic N) is 3. The van der Waals surface area contributed by atoms with Crippen LogP contribution in [0.1, 0.15) is 20.7 Å². The SMILES string of the molecule is O=C(c1ccc(Cl)cc1)N1CCN(C(=O)c2cccc3cn[nH]c23)CC1. The monoisotopic (exact) mass is 368 g/mol. The van der Waals surface area contributed by atoms with E-state index in [0.717, 1.165) is 10.9 Å². The number of amides is 2. The molecule has 1 fully saturated rings. The number of carbonyl (C=O) groups excluding carboxylic acids is 2. The van der Waals surface area contributed by atoms with Crippen molar-refractivity contribution in [2.45, 2.75) is 0 Å². The summed E-state index contributed by atoms with van der Waals surface area (Å²) in [7, 11) is 0. The molecule has 0 spiro atoms. The Labute approximate surface area is 155 Å². The van der Waals surface area contributed by atoms with Crippen LogP contribution < -0.4 is 0 Å². The molecule has 0 saturated carbocycles. The number of benzene rings is 2. The predicted octanol–water partition coefficient (Wildman–Crippen LogP) is 2.81. The Morgan fingerprint density at radius 1 is 0.923 bits per heavy atom. The van der Waals surface area contributed by atoms with Crippen molar-refractivity contribution < 1.29 is 9.59 Å². The Morgan fingerprint density at radius 2 is 1.58 bits per heavy atom. The van der Waals surface area contributed by atoms with Crippen molar-refractivity contribution in [1.29, 1.82) is 0 Å². The number of rotatable bonds is 2. The Morgan fingerprint density at radius 3 is 2.27 bits per heavy atom. The number of aromatic amines is 1. The smallest absolute Gasteiger partial charge is 0.256 e. The Bertz CT molecular complexity index is 959. The third-order valence-electron chi connectivity index (χ3n) is 4.65. The predicted molar refractivity (Wildman–Crippen MR) is 99.4 cm³/mol. The van der Waals surface area contributed by atoms with Crippen LogP contribution in [0.3, 0.4) is 0 Å². The van der Waals surface area contributed by atoms with Gasteiger partial charge in [-0.05, 0) is 30.3 Å². The molecule has 1 aromatic heterocycles. The van der Waals surface area contributed by atoms with Gasteiger partial charge in [0.2, 0.25) is 0 Å². The van der Waals surface area contributed by atoms with E-state index in [0.29, 0.717) is 42.3 Å². The van der Waals surface area contributed by atoms with E-state index >= 15 is 0 Å². The molecular weight excluding hydrogens is 352 g/mol. The molecule has 0 atom stereocenters. The molecule has 1 aliphatic rings. The highest BCUT2D eigenvalue weighted by molar-refractivity contribution is 6.30. The fraction of sp³-hybridized carbons (Fsp3) is 0.211. The van der Waals surface area contributed by atoms with Crippen LogP contribution in [0.4, 0.5) is 0 Å². The molecule has 0 radical (unpaired) electrons. The molecule has 0 bridgehead atoms. The third kappa shape index (κ3) is 3.04. The average Bonchev–Trinajstić information content (AvgIpc) is 3.16. The second-order valence-electron chi connectivity index (χ2n) is 6.23. The van der Waals surface area contributed by atoms with Crippen molar-refractivity contribution in [1.82, 2.24) is 20.0 Å². The molecule has 2 aromatic carbocycles. The highest BCUT2D eigenvalue weighted by Crippen LogP contribution is 2.19. The van der Waals surface area contributed by atoms with Crippen LogP contribution in [0.25, 0.3) is 10.9 Å². The molecule has 3 aromatic rings. The number of para-hydroxylation sites is 1. The van der Waals surface area contributed by atoms with Gasteiger partial charge in [-0.1, -0.05) is 23.7 Å². The zero-order valence-electron chi connectivity index (χ0n) is 14.0. The molecular formula is C19H17ClN4O2. The van der Waals surface area contributed by atoms with Crippen LogP contribution in [0, 0.1) is 0 Å². The van der Waals surface area contributed by atoms with Crippen LogP contribution in [0.2, 0.25) is 5.02 Å². The number of fused-ring (bicyclic) bond motifs is 1. The molecule has 1 saturated heterocycles. The van der Waals surface area contributed by atoms with E-state index in [-0.39, 0.29) is 11.8 Å². The van der Waals surface area contributed by atoms with E-state index in [4.69, 9.17) is 11.6 Å². The number of hydrogen-bond donors (Lipinski definition) is 1. The van der Waals surface area contributed by atoms with Crippen LogP contribution in [0.5, 0.6) is 0 Å². The van der Waals surface area contributed by atoms with Crippen LogP contribution in [-0.4, -0.2) is 58.0 Å². The van der Waals surface area contributed by atoms with E-state index in [2.05, 4.69) is 10.2 Å². The minimum Gasteiger partial charge on any atom is -0.335 e. The minimum atomic E-state index is -0.0431. The van der Waals surface area contributed by atoms with Gasteiger partial charge in [0.05, 0.1) is 17.3 Å². The molecule has 132 valence electrons. The molecule has 0 unspecified atom stereocenters. The van der Waals surface area contributed by atoms with Crippen LogP contribution in [-0.2, 0) is 0 Å². The number of hydrogen-bond acceptors (Lipinski definition) is 3. The van der Waals surface area contributed by atoms with Crippen molar-refractivity contribution in [2.24, 2.45) is 0 Å². The van der Waals surface area contributed by atoms with Gasteiger partial charge in [0.1, 0.15) is 0 Å². The Hall–Kier alpha value is -2.86. The zero-order valence-corrected chi connectivity index (χ0v) is 14.7. The molecule has 26 heavy (non-hydrogen) atoms. The van der Waals surface area contributed by atoms with E-state index in [9.17, 15) is 9.59 Å². The van der Waals surface area contributed by atoms with Crippen molar-refractivity contribution in [3.8, 4) is 0 Å². The van der Waals surface area contributed by atoms with Gasteiger partial charge < -0.3 is 9.80 Å². The Balaban J connectivity index is 1.45. The number of aromatic nitrogens is 2. The maximum Gasteiger partial charge on any atom is 0.256 e. The summed E-state index contributed by atoms with van der Waals surface area (Å²) in [4.78, 5) is 29.0. The second kappa shape index (κ2) is 6.80. The third-order valence-corrected chi connectivity index (χ3v) is 4.90. The average molecular weight is 369 g/mol. The maximum absolute atomic E-state index is 12.9. The summed E-state index contributed by atoms with van der Waals surface area (Å²) < 4.78 is 0. The van der Waals surface area contributed by atoms with Crippen molar-refractivity contribution in [3.05, 3.63) is 64.8 Å². The lowest BCUT2D eigenvalue weighted by molar-refractivity contribution is 0.0536. The first-order valence-electron chi connectivity index (χ1n) is 8.40. The zero-order chi connectivity index (χ0) is 18.1. The van der Waals surface area contributed by atoms with E-state index in [1.807, 2.05) is 12.1 Å². The summed E-state index contributed by atoms with van der Waals surface area (Å²) in [6.45, 7) is 2.02. The highest BCUT2D eigenvalue weighted by Gasteiger charge is 2.26. The lowest BCUT2D eigenvalue weighted by Crippen LogP contribution is -2.50.